The van der Waals surface area contributed by atoms with Crippen molar-refractivity contribution in [2.45, 2.75) is 13.5 Å². The third-order valence-electron chi connectivity index (χ3n) is 2.43. The van der Waals surface area contributed by atoms with Gasteiger partial charge in [0.2, 0.25) is 5.88 Å². The van der Waals surface area contributed by atoms with Crippen LogP contribution in [0.3, 0.4) is 0 Å². The van der Waals surface area contributed by atoms with Crippen molar-refractivity contribution in [3.8, 4) is 5.88 Å². The molecule has 2 aromatic rings. The van der Waals surface area contributed by atoms with Crippen LogP contribution in [0, 0.1) is 10.5 Å². The standard InChI is InChI=1S/C11H13IN4O/c1-7-10(12)11(13)16(15-7)6-8-3-4-9(17-2)14-5-8/h3-5H,6,13H2,1-2H3. The predicted octanol–water partition coefficient (Wildman–Crippen LogP) is 1.83. The number of halogens is 1. The monoisotopic (exact) mass is 344 g/mol. The summed E-state index contributed by atoms with van der Waals surface area (Å²) in [5.74, 6) is 1.30. The molecule has 6 heteroatoms. The molecular formula is C11H13IN4O. The van der Waals surface area contributed by atoms with Gasteiger partial charge in [0.25, 0.3) is 0 Å². The second kappa shape index (κ2) is 4.91. The Morgan fingerprint density at radius 2 is 2.24 bits per heavy atom. The Morgan fingerprint density at radius 1 is 1.47 bits per heavy atom. The number of methoxy groups -OCH3 is 1. The summed E-state index contributed by atoms with van der Waals surface area (Å²) < 4.78 is 7.79. The normalized spacial score (nSPS) is 10.5. The molecule has 2 rings (SSSR count). The van der Waals surface area contributed by atoms with Gasteiger partial charge in [0.05, 0.1) is 22.9 Å². The van der Waals surface area contributed by atoms with Crippen LogP contribution < -0.4 is 10.5 Å². The second-order valence-corrected chi connectivity index (χ2v) is 4.73. The molecule has 0 bridgehead atoms. The molecule has 2 aromatic heterocycles. The fourth-order valence-electron chi connectivity index (χ4n) is 1.50. The van der Waals surface area contributed by atoms with Crippen LogP contribution in [0.1, 0.15) is 11.3 Å². The van der Waals surface area contributed by atoms with E-state index in [2.05, 4.69) is 32.7 Å². The maximum absolute atomic E-state index is 5.96. The molecule has 90 valence electrons. The number of nitrogens with zero attached hydrogens (tertiary/aromatic N) is 3. The van der Waals surface area contributed by atoms with E-state index < -0.39 is 0 Å². The van der Waals surface area contributed by atoms with Gasteiger partial charge in [0.15, 0.2) is 0 Å². The molecule has 0 amide bonds. The Hall–Kier alpha value is -1.31. The van der Waals surface area contributed by atoms with Gasteiger partial charge in [0.1, 0.15) is 5.82 Å². The van der Waals surface area contributed by atoms with Crippen LogP contribution in [-0.2, 0) is 6.54 Å². The minimum Gasteiger partial charge on any atom is -0.481 e. The second-order valence-electron chi connectivity index (χ2n) is 3.65. The van der Waals surface area contributed by atoms with Gasteiger partial charge >= 0.3 is 0 Å². The lowest BCUT2D eigenvalue weighted by Gasteiger charge is -2.05. The van der Waals surface area contributed by atoms with E-state index in [1.165, 1.54) is 0 Å². The summed E-state index contributed by atoms with van der Waals surface area (Å²) in [6.07, 6.45) is 1.77. The van der Waals surface area contributed by atoms with Crippen LogP contribution in [0.15, 0.2) is 18.3 Å². The number of ether oxygens (including phenoxy) is 1. The van der Waals surface area contributed by atoms with Gasteiger partial charge in [-0.05, 0) is 35.1 Å². The molecule has 2 N–H and O–H groups in total. The van der Waals surface area contributed by atoms with Crippen LogP contribution >= 0.6 is 22.6 Å². The number of hydrogen-bond acceptors (Lipinski definition) is 4. The van der Waals surface area contributed by atoms with Crippen molar-refractivity contribution < 1.29 is 4.74 Å². The molecule has 0 fully saturated rings. The Balaban J connectivity index is 2.22. The van der Waals surface area contributed by atoms with Crippen molar-refractivity contribution in [2.24, 2.45) is 0 Å². The van der Waals surface area contributed by atoms with Crippen LogP contribution in [0.4, 0.5) is 5.82 Å². The molecule has 0 aliphatic carbocycles. The minimum atomic E-state index is 0.605. The minimum absolute atomic E-state index is 0.605. The number of aryl methyl sites for hydroxylation is 1. The highest BCUT2D eigenvalue weighted by atomic mass is 127. The smallest absolute Gasteiger partial charge is 0.212 e. The summed E-state index contributed by atoms with van der Waals surface area (Å²) in [5, 5.41) is 4.37. The highest BCUT2D eigenvalue weighted by molar-refractivity contribution is 14.1. The Bertz CT molecular complexity index is 521. The SMILES string of the molecule is COc1ccc(Cn2nc(C)c(I)c2N)cn1. The zero-order chi connectivity index (χ0) is 12.4. The van der Waals surface area contributed by atoms with E-state index in [0.29, 0.717) is 18.2 Å². The summed E-state index contributed by atoms with van der Waals surface area (Å²) in [4.78, 5) is 4.15. The third-order valence-corrected chi connectivity index (χ3v) is 3.76. The zero-order valence-electron chi connectivity index (χ0n) is 9.64. The van der Waals surface area contributed by atoms with E-state index in [4.69, 9.17) is 10.5 Å². The molecule has 2 heterocycles. The van der Waals surface area contributed by atoms with Crippen molar-refractivity contribution in [2.75, 3.05) is 12.8 Å². The summed E-state index contributed by atoms with van der Waals surface area (Å²) in [6, 6.07) is 3.78. The maximum Gasteiger partial charge on any atom is 0.212 e. The first-order chi connectivity index (χ1) is 8.11. The summed E-state index contributed by atoms with van der Waals surface area (Å²) in [5.41, 5.74) is 7.94. The van der Waals surface area contributed by atoms with E-state index >= 15 is 0 Å². The van der Waals surface area contributed by atoms with E-state index in [9.17, 15) is 0 Å². The van der Waals surface area contributed by atoms with Crippen molar-refractivity contribution >= 4 is 28.4 Å². The van der Waals surface area contributed by atoms with E-state index in [-0.39, 0.29) is 0 Å². The fourth-order valence-corrected chi connectivity index (χ4v) is 1.88. The lowest BCUT2D eigenvalue weighted by molar-refractivity contribution is 0.397. The molecule has 0 aliphatic heterocycles. The zero-order valence-corrected chi connectivity index (χ0v) is 11.8. The quantitative estimate of drug-likeness (QED) is 0.863. The lowest BCUT2D eigenvalue weighted by atomic mass is 10.3. The summed E-state index contributed by atoms with van der Waals surface area (Å²) in [7, 11) is 1.60. The van der Waals surface area contributed by atoms with Crippen LogP contribution in [0.2, 0.25) is 0 Å². The van der Waals surface area contributed by atoms with E-state index in [0.717, 1.165) is 14.8 Å². The molecule has 0 saturated carbocycles. The van der Waals surface area contributed by atoms with Crippen LogP contribution in [0.5, 0.6) is 5.88 Å². The predicted molar refractivity (Wildman–Crippen MR) is 74.0 cm³/mol. The molecule has 0 radical (unpaired) electrons. The molecule has 5 nitrogen and oxygen atoms in total. The Labute approximate surface area is 113 Å². The van der Waals surface area contributed by atoms with Crippen molar-refractivity contribution in [1.29, 1.82) is 0 Å². The first kappa shape index (κ1) is 12.2. The van der Waals surface area contributed by atoms with Gasteiger partial charge in [-0.15, -0.1) is 0 Å². The third kappa shape index (κ3) is 2.51. The number of hydrogen-bond donors (Lipinski definition) is 1. The number of rotatable bonds is 3. The number of aromatic nitrogens is 3. The van der Waals surface area contributed by atoms with Gasteiger partial charge in [0, 0.05) is 12.3 Å². The van der Waals surface area contributed by atoms with Gasteiger partial charge < -0.3 is 10.5 Å². The Kier molecular flexibility index (Phi) is 3.51. The molecule has 0 spiro atoms. The number of anilines is 1. The Morgan fingerprint density at radius 3 is 2.71 bits per heavy atom. The van der Waals surface area contributed by atoms with Gasteiger partial charge in [-0.1, -0.05) is 6.07 Å². The number of pyridine rings is 1. The highest BCUT2D eigenvalue weighted by Crippen LogP contribution is 2.19. The maximum atomic E-state index is 5.96. The van der Waals surface area contributed by atoms with Crippen molar-refractivity contribution in [3.05, 3.63) is 33.2 Å². The van der Waals surface area contributed by atoms with Crippen molar-refractivity contribution in [1.82, 2.24) is 14.8 Å². The van der Waals surface area contributed by atoms with E-state index in [1.54, 1.807) is 18.0 Å². The molecule has 0 aromatic carbocycles. The first-order valence-electron chi connectivity index (χ1n) is 5.09. The molecule has 0 aliphatic rings. The largest absolute Gasteiger partial charge is 0.481 e. The fraction of sp³-hybridized carbons (Fsp3) is 0.273. The molecule has 0 unspecified atom stereocenters. The highest BCUT2D eigenvalue weighted by Gasteiger charge is 2.09. The molecule has 0 atom stereocenters. The van der Waals surface area contributed by atoms with Gasteiger partial charge in [-0.3, -0.25) is 0 Å². The summed E-state index contributed by atoms with van der Waals surface area (Å²) >= 11 is 2.20. The van der Waals surface area contributed by atoms with Crippen LogP contribution in [0.25, 0.3) is 0 Å². The number of nitrogen functional groups attached to an aromatic ring is 1. The lowest BCUT2D eigenvalue weighted by Crippen LogP contribution is -2.06. The average molecular weight is 344 g/mol. The number of nitrogens with two attached hydrogens (primary N) is 1. The van der Waals surface area contributed by atoms with E-state index in [1.807, 2.05) is 19.1 Å². The molecule has 17 heavy (non-hydrogen) atoms. The van der Waals surface area contributed by atoms with Crippen LogP contribution in [-0.4, -0.2) is 21.9 Å². The topological polar surface area (TPSA) is 66.0 Å². The van der Waals surface area contributed by atoms with Gasteiger partial charge in [-0.2, -0.15) is 5.10 Å². The molecular weight excluding hydrogens is 331 g/mol. The van der Waals surface area contributed by atoms with Crippen molar-refractivity contribution in [3.63, 3.8) is 0 Å². The van der Waals surface area contributed by atoms with Gasteiger partial charge in [-0.25, -0.2) is 9.67 Å². The molecule has 0 saturated heterocycles. The average Bonchev–Trinajstić information content (AvgIpc) is 2.58. The summed E-state index contributed by atoms with van der Waals surface area (Å²) in [6.45, 7) is 2.56. The first-order valence-corrected chi connectivity index (χ1v) is 6.17.